The Hall–Kier alpha value is -2.74. The van der Waals surface area contributed by atoms with Crippen LogP contribution in [0.3, 0.4) is 0 Å². The van der Waals surface area contributed by atoms with E-state index >= 15 is 0 Å². The van der Waals surface area contributed by atoms with Crippen LogP contribution in [0.4, 0.5) is 15.0 Å². The van der Waals surface area contributed by atoms with Gasteiger partial charge in [0.2, 0.25) is 6.41 Å². The van der Waals surface area contributed by atoms with Gasteiger partial charge in [-0.15, -0.1) is 0 Å². The van der Waals surface area contributed by atoms with E-state index < -0.39 is 22.6 Å². The van der Waals surface area contributed by atoms with E-state index in [1.165, 1.54) is 17.0 Å². The van der Waals surface area contributed by atoms with Crippen LogP contribution in [-0.2, 0) is 16.9 Å². The molecule has 25 heavy (non-hydrogen) atoms. The predicted molar refractivity (Wildman–Crippen MR) is 88.5 cm³/mol. The molecule has 1 aromatic heterocycles. The highest BCUT2D eigenvalue weighted by molar-refractivity contribution is 6.62. The summed E-state index contributed by atoms with van der Waals surface area (Å²) in [5.74, 6) is -0.833. The van der Waals surface area contributed by atoms with Gasteiger partial charge in [-0.3, -0.25) is 14.4 Å². The lowest BCUT2D eigenvalue weighted by molar-refractivity contribution is 0.102. The molecule has 1 N–H and O–H groups in total. The molecule has 2 heterocycles. The lowest BCUT2D eigenvalue weighted by Crippen LogP contribution is -2.38. The van der Waals surface area contributed by atoms with Crippen LogP contribution in [0, 0.1) is 5.82 Å². The maximum absolute atomic E-state index is 13.0. The molecular formula is C16H14ClFN4O3. The van der Waals surface area contributed by atoms with Crippen molar-refractivity contribution >= 4 is 35.1 Å². The van der Waals surface area contributed by atoms with Crippen molar-refractivity contribution in [1.29, 1.82) is 0 Å². The number of aromatic nitrogens is 2. The van der Waals surface area contributed by atoms with Gasteiger partial charge in [-0.1, -0.05) is 0 Å². The molecule has 9 heteroatoms. The fourth-order valence-corrected chi connectivity index (χ4v) is 3.14. The maximum atomic E-state index is 13.0. The molecule has 1 aromatic carbocycles. The zero-order chi connectivity index (χ0) is 18.4. The zero-order valence-corrected chi connectivity index (χ0v) is 14.2. The highest BCUT2D eigenvalue weighted by Crippen LogP contribution is 2.42. The molecule has 0 bridgehead atoms. The molecule has 0 fully saturated rings. The van der Waals surface area contributed by atoms with Crippen LogP contribution in [0.25, 0.3) is 0 Å². The van der Waals surface area contributed by atoms with Crippen molar-refractivity contribution in [2.24, 2.45) is 0 Å². The number of anilines is 1. The van der Waals surface area contributed by atoms with Gasteiger partial charge in [0, 0.05) is 11.1 Å². The molecule has 130 valence electrons. The number of amides is 2. The second-order valence-corrected chi connectivity index (χ2v) is 6.41. The number of hydrogen-bond donors (Lipinski definition) is 1. The van der Waals surface area contributed by atoms with Crippen LogP contribution in [-0.4, -0.2) is 32.4 Å². The number of rotatable bonds is 3. The Balaban J connectivity index is 1.98. The molecule has 0 spiro atoms. The molecule has 0 radical (unpaired) electrons. The molecule has 0 aliphatic carbocycles. The predicted octanol–water partition coefficient (Wildman–Crippen LogP) is 2.72. The van der Waals surface area contributed by atoms with Crippen molar-refractivity contribution in [3.8, 4) is 0 Å². The molecule has 3 rings (SSSR count). The van der Waals surface area contributed by atoms with Gasteiger partial charge in [-0.05, 0) is 49.7 Å². The second-order valence-electron chi connectivity index (χ2n) is 6.08. The molecule has 0 saturated heterocycles. The Morgan fingerprint density at radius 2 is 1.96 bits per heavy atom. The van der Waals surface area contributed by atoms with Gasteiger partial charge < -0.3 is 10.2 Å². The molecule has 2 amide bonds. The third-order valence-corrected chi connectivity index (χ3v) is 4.43. The van der Waals surface area contributed by atoms with E-state index in [9.17, 15) is 18.8 Å². The first-order valence-electron chi connectivity index (χ1n) is 7.37. The van der Waals surface area contributed by atoms with Gasteiger partial charge in [-0.25, -0.2) is 4.39 Å². The van der Waals surface area contributed by atoms with E-state index in [1.54, 1.807) is 13.8 Å². The Morgan fingerprint density at radius 3 is 2.52 bits per heavy atom. The van der Waals surface area contributed by atoms with Crippen molar-refractivity contribution in [1.82, 2.24) is 14.7 Å². The molecule has 0 atom stereocenters. The molecule has 1 aliphatic heterocycles. The molecule has 7 nitrogen and oxygen atoms in total. The van der Waals surface area contributed by atoms with Gasteiger partial charge in [0.05, 0.1) is 17.8 Å². The first-order valence-corrected chi connectivity index (χ1v) is 7.74. The van der Waals surface area contributed by atoms with Crippen molar-refractivity contribution in [2.75, 3.05) is 5.32 Å². The molecule has 0 saturated carbocycles. The van der Waals surface area contributed by atoms with Crippen LogP contribution < -0.4 is 5.32 Å². The summed E-state index contributed by atoms with van der Waals surface area (Å²) < 4.78 is 14.0. The van der Waals surface area contributed by atoms with E-state index in [4.69, 9.17) is 11.6 Å². The van der Waals surface area contributed by atoms with Crippen LogP contribution in [0.5, 0.6) is 0 Å². The van der Waals surface area contributed by atoms with E-state index in [1.807, 2.05) is 0 Å². The van der Waals surface area contributed by atoms with Crippen molar-refractivity contribution in [3.63, 3.8) is 0 Å². The molecule has 1 aliphatic rings. The van der Waals surface area contributed by atoms with Gasteiger partial charge in [0.25, 0.3) is 5.91 Å². The van der Waals surface area contributed by atoms with Crippen LogP contribution in [0.2, 0.25) is 0 Å². The molecular weight excluding hydrogens is 351 g/mol. The fourth-order valence-electron chi connectivity index (χ4n) is 2.87. The lowest BCUT2D eigenvalue weighted by Gasteiger charge is -2.29. The number of fused-ring (bicyclic) bond motifs is 1. The van der Waals surface area contributed by atoms with Crippen LogP contribution in [0.1, 0.15) is 35.5 Å². The van der Waals surface area contributed by atoms with Gasteiger partial charge >= 0.3 is 5.37 Å². The summed E-state index contributed by atoms with van der Waals surface area (Å²) in [6.07, 6.45) is 0.460. The molecule has 0 unspecified atom stereocenters. The lowest BCUT2D eigenvalue weighted by atomic mass is 10.0. The van der Waals surface area contributed by atoms with Gasteiger partial charge in [-0.2, -0.15) is 9.78 Å². The Morgan fingerprint density at radius 1 is 1.32 bits per heavy atom. The first-order chi connectivity index (χ1) is 11.8. The average Bonchev–Trinajstić information content (AvgIpc) is 3.03. The molecule has 2 aromatic rings. The topological polar surface area (TPSA) is 84.3 Å². The number of carbonyl (C=O) groups excluding carboxylic acids is 3. The summed E-state index contributed by atoms with van der Waals surface area (Å²) in [5, 5.41) is 6.12. The Kier molecular flexibility index (Phi) is 4.08. The normalized spacial score (nSPS) is 15.0. The average molecular weight is 365 g/mol. The van der Waals surface area contributed by atoms with E-state index in [2.05, 4.69) is 10.4 Å². The minimum absolute atomic E-state index is 0.109. The second kappa shape index (κ2) is 5.96. The van der Waals surface area contributed by atoms with Gasteiger partial charge in [0.15, 0.2) is 0 Å². The van der Waals surface area contributed by atoms with Gasteiger partial charge in [0.1, 0.15) is 11.6 Å². The van der Waals surface area contributed by atoms with Crippen molar-refractivity contribution < 1.29 is 18.8 Å². The third-order valence-electron chi connectivity index (χ3n) is 4.23. The van der Waals surface area contributed by atoms with E-state index in [0.717, 1.165) is 16.8 Å². The summed E-state index contributed by atoms with van der Waals surface area (Å²) in [7, 11) is 0. The van der Waals surface area contributed by atoms with E-state index in [-0.39, 0.29) is 17.9 Å². The largest absolute Gasteiger partial charge is 0.317 e. The zero-order valence-electron chi connectivity index (χ0n) is 13.4. The SMILES string of the molecule is CC1(C)c2nn(C=O)c(NC(=O)c3ccc(F)cc3)c2CN1C(=O)Cl. The number of halogens is 2. The Bertz CT molecular complexity index is 876. The minimum atomic E-state index is -0.822. The van der Waals surface area contributed by atoms with Crippen molar-refractivity contribution in [3.05, 3.63) is 46.9 Å². The highest BCUT2D eigenvalue weighted by atomic mass is 35.5. The van der Waals surface area contributed by atoms with Crippen molar-refractivity contribution in [2.45, 2.75) is 25.9 Å². The number of hydrogen-bond acceptors (Lipinski definition) is 4. The highest BCUT2D eigenvalue weighted by Gasteiger charge is 2.44. The van der Waals surface area contributed by atoms with Crippen LogP contribution in [0.15, 0.2) is 24.3 Å². The third kappa shape index (κ3) is 2.78. The Labute approximate surface area is 147 Å². The summed E-state index contributed by atoms with van der Waals surface area (Å²) in [6.45, 7) is 3.59. The first kappa shape index (κ1) is 17.1. The monoisotopic (exact) mass is 364 g/mol. The summed E-state index contributed by atoms with van der Waals surface area (Å²) in [4.78, 5) is 36.7. The standard InChI is InChI=1S/C16H14ClFN4O3/c1-16(2)12-11(7-21(16)15(17)25)13(22(8-23)20-12)19-14(24)9-3-5-10(18)6-4-9/h3-6,8H,7H2,1-2H3,(H,19,24). The quantitative estimate of drug-likeness (QED) is 0.515. The van der Waals surface area contributed by atoms with E-state index in [0.29, 0.717) is 17.7 Å². The van der Waals surface area contributed by atoms with Crippen LogP contribution >= 0.6 is 11.6 Å². The number of benzene rings is 1. The summed E-state index contributed by atoms with van der Waals surface area (Å²) in [5.41, 5.74) is 0.401. The summed E-state index contributed by atoms with van der Waals surface area (Å²) in [6, 6.07) is 4.97. The number of nitrogens with zero attached hydrogens (tertiary/aromatic N) is 3. The number of carbonyl (C=O) groups is 3. The smallest absolute Gasteiger partial charge is 0.314 e. The summed E-state index contributed by atoms with van der Waals surface area (Å²) >= 11 is 5.62. The fraction of sp³-hybridized carbons (Fsp3) is 0.250. The maximum Gasteiger partial charge on any atom is 0.317 e. The number of nitrogens with one attached hydrogen (secondary N) is 1. The minimum Gasteiger partial charge on any atom is -0.314 e.